The number of piperidine rings is 1. The molecule has 1 amide bonds. The fourth-order valence-corrected chi connectivity index (χ4v) is 5.24. The summed E-state index contributed by atoms with van der Waals surface area (Å²) < 4.78 is 28.1. The van der Waals surface area contributed by atoms with Crippen molar-refractivity contribution in [1.82, 2.24) is 24.8 Å². The standard InChI is InChI=1S/C27H26ClF2N7O3/c28-23-25(32)34-24(31)22(33-23)20(38)12-17-5-6-27(35-17)7-9-36(10-8-27)26(40)16-2-4-21(39)37(14-16)13-15-1-3-18(29)19(30)11-15/h1-4,11-12,14,35H,5-10,13H2,(H4,31,32,34)/b17-12+. The third-order valence-corrected chi connectivity index (χ3v) is 7.60. The SMILES string of the molecule is Nc1nc(N)c(C(=O)/C=C2\CCC3(CCN(C(=O)c4ccc(=O)n(Cc5ccc(F)c(F)c5)c4)CC3)N2)nc1Cl. The average molecular weight is 570 g/mol. The summed E-state index contributed by atoms with van der Waals surface area (Å²) in [5.41, 5.74) is 12.1. The largest absolute Gasteiger partial charge is 0.383 e. The normalized spacial score (nSPS) is 17.3. The van der Waals surface area contributed by atoms with Crippen molar-refractivity contribution in [3.63, 3.8) is 0 Å². The summed E-state index contributed by atoms with van der Waals surface area (Å²) in [6.45, 7) is 0.945. The number of aromatic nitrogens is 3. The Morgan fingerprint density at radius 1 is 1.05 bits per heavy atom. The number of benzene rings is 1. The Bertz CT molecular complexity index is 1600. The smallest absolute Gasteiger partial charge is 0.255 e. The first-order valence-corrected chi connectivity index (χ1v) is 13.0. The van der Waals surface area contributed by atoms with E-state index in [9.17, 15) is 23.2 Å². The zero-order chi connectivity index (χ0) is 28.6. The zero-order valence-corrected chi connectivity index (χ0v) is 22.0. The maximum atomic E-state index is 13.6. The summed E-state index contributed by atoms with van der Waals surface area (Å²) in [5, 5.41) is 3.36. The van der Waals surface area contributed by atoms with E-state index in [0.717, 1.165) is 24.3 Å². The predicted octanol–water partition coefficient (Wildman–Crippen LogP) is 2.91. The zero-order valence-electron chi connectivity index (χ0n) is 21.3. The number of nitrogens with zero attached hydrogens (tertiary/aromatic N) is 4. The lowest BCUT2D eigenvalue weighted by atomic mass is 9.86. The van der Waals surface area contributed by atoms with Crippen LogP contribution in [0.15, 0.2) is 53.1 Å². The van der Waals surface area contributed by atoms with E-state index in [0.29, 0.717) is 43.5 Å². The highest BCUT2D eigenvalue weighted by Gasteiger charge is 2.40. The summed E-state index contributed by atoms with van der Waals surface area (Å²) in [6, 6.07) is 6.17. The number of pyridine rings is 1. The lowest BCUT2D eigenvalue weighted by molar-refractivity contribution is 0.0658. The second-order valence-electron chi connectivity index (χ2n) is 10.00. The molecule has 40 heavy (non-hydrogen) atoms. The molecule has 2 aliphatic rings. The molecule has 4 heterocycles. The monoisotopic (exact) mass is 569 g/mol. The van der Waals surface area contributed by atoms with Crippen LogP contribution in [0, 0.1) is 11.6 Å². The Kier molecular flexibility index (Phi) is 7.28. The van der Waals surface area contributed by atoms with Gasteiger partial charge in [-0.05, 0) is 49.4 Å². The molecule has 1 spiro atoms. The molecular weight excluding hydrogens is 544 g/mol. The van der Waals surface area contributed by atoms with Crippen LogP contribution >= 0.6 is 11.6 Å². The first kappa shape index (κ1) is 27.3. The van der Waals surface area contributed by atoms with Crippen LogP contribution in [0.3, 0.4) is 0 Å². The number of anilines is 2. The number of halogens is 3. The Balaban J connectivity index is 1.23. The highest BCUT2D eigenvalue weighted by atomic mass is 35.5. The van der Waals surface area contributed by atoms with Crippen LogP contribution in [-0.2, 0) is 6.54 Å². The predicted molar refractivity (Wildman–Crippen MR) is 145 cm³/mol. The van der Waals surface area contributed by atoms with E-state index in [1.54, 1.807) is 4.90 Å². The lowest BCUT2D eigenvalue weighted by Gasteiger charge is -2.39. The second-order valence-corrected chi connectivity index (χ2v) is 10.4. The molecule has 2 aromatic heterocycles. The number of hydrogen-bond donors (Lipinski definition) is 3. The first-order chi connectivity index (χ1) is 19.0. The maximum Gasteiger partial charge on any atom is 0.255 e. The molecule has 0 aliphatic carbocycles. The van der Waals surface area contributed by atoms with Gasteiger partial charge in [0.2, 0.25) is 5.78 Å². The topological polar surface area (TPSA) is 149 Å². The number of likely N-dealkylation sites (tertiary alicyclic amines) is 1. The van der Waals surface area contributed by atoms with E-state index in [-0.39, 0.29) is 46.0 Å². The molecular formula is C27H26ClF2N7O3. The van der Waals surface area contributed by atoms with Gasteiger partial charge < -0.3 is 26.3 Å². The molecule has 0 saturated carbocycles. The van der Waals surface area contributed by atoms with Crippen molar-refractivity contribution in [2.75, 3.05) is 24.6 Å². The van der Waals surface area contributed by atoms with Gasteiger partial charge in [0.15, 0.2) is 34.1 Å². The van der Waals surface area contributed by atoms with Crippen molar-refractivity contribution in [2.45, 2.75) is 37.8 Å². The van der Waals surface area contributed by atoms with Gasteiger partial charge in [-0.15, -0.1) is 0 Å². The van der Waals surface area contributed by atoms with Gasteiger partial charge >= 0.3 is 0 Å². The number of allylic oxidation sites excluding steroid dienone is 2. The number of hydrogen-bond acceptors (Lipinski definition) is 8. The Morgan fingerprint density at radius 3 is 2.52 bits per heavy atom. The number of ketones is 1. The van der Waals surface area contributed by atoms with Gasteiger partial charge in [0.05, 0.1) is 12.1 Å². The van der Waals surface area contributed by atoms with E-state index >= 15 is 0 Å². The fraction of sp³-hybridized carbons (Fsp3) is 0.296. The molecule has 0 bridgehead atoms. The van der Waals surface area contributed by atoms with Crippen LogP contribution in [-0.4, -0.2) is 49.8 Å². The molecule has 0 atom stereocenters. The molecule has 3 aromatic rings. The van der Waals surface area contributed by atoms with Crippen molar-refractivity contribution >= 4 is 34.9 Å². The molecule has 2 saturated heterocycles. The van der Waals surface area contributed by atoms with E-state index in [2.05, 4.69) is 15.3 Å². The summed E-state index contributed by atoms with van der Waals surface area (Å²) in [7, 11) is 0. The minimum Gasteiger partial charge on any atom is -0.383 e. The Labute approximate surface area is 232 Å². The minimum absolute atomic E-state index is 0.00216. The number of rotatable bonds is 5. The Morgan fingerprint density at radius 2 is 1.80 bits per heavy atom. The average Bonchev–Trinajstić information content (AvgIpc) is 3.31. The van der Waals surface area contributed by atoms with Gasteiger partial charge in [0.1, 0.15) is 0 Å². The first-order valence-electron chi connectivity index (χ1n) is 12.6. The molecule has 0 unspecified atom stereocenters. The van der Waals surface area contributed by atoms with Crippen LogP contribution in [0.25, 0.3) is 0 Å². The molecule has 13 heteroatoms. The van der Waals surface area contributed by atoms with Crippen molar-refractivity contribution < 1.29 is 18.4 Å². The number of nitrogen functional groups attached to an aromatic ring is 2. The molecule has 0 radical (unpaired) electrons. The second kappa shape index (κ2) is 10.7. The third-order valence-electron chi connectivity index (χ3n) is 7.32. The molecule has 208 valence electrons. The summed E-state index contributed by atoms with van der Waals surface area (Å²) >= 11 is 5.89. The number of nitrogens with two attached hydrogens (primary N) is 2. The molecule has 5 N–H and O–H groups in total. The van der Waals surface area contributed by atoms with Gasteiger partial charge in [0, 0.05) is 42.7 Å². The van der Waals surface area contributed by atoms with E-state index in [1.807, 2.05) is 0 Å². The fourth-order valence-electron chi connectivity index (χ4n) is 5.11. The number of carbonyl (C=O) groups excluding carboxylic acids is 2. The Hall–Kier alpha value is -4.32. The lowest BCUT2D eigenvalue weighted by Crippen LogP contribution is -2.51. The molecule has 2 fully saturated rings. The number of amides is 1. The van der Waals surface area contributed by atoms with E-state index < -0.39 is 17.4 Å². The quantitative estimate of drug-likeness (QED) is 0.314. The van der Waals surface area contributed by atoms with Crippen molar-refractivity contribution in [3.05, 3.63) is 92.3 Å². The highest BCUT2D eigenvalue weighted by Crippen LogP contribution is 2.35. The van der Waals surface area contributed by atoms with Crippen LogP contribution in [0.2, 0.25) is 5.15 Å². The van der Waals surface area contributed by atoms with Gasteiger partial charge in [0.25, 0.3) is 11.5 Å². The number of nitrogens with one attached hydrogen (secondary N) is 1. The maximum absolute atomic E-state index is 13.6. The molecule has 10 nitrogen and oxygen atoms in total. The van der Waals surface area contributed by atoms with Crippen LogP contribution in [0.1, 0.15) is 52.1 Å². The molecule has 5 rings (SSSR count). The van der Waals surface area contributed by atoms with E-state index in [1.165, 1.54) is 35.0 Å². The summed E-state index contributed by atoms with van der Waals surface area (Å²) in [4.78, 5) is 47.9. The van der Waals surface area contributed by atoms with Gasteiger partial charge in [-0.2, -0.15) is 0 Å². The van der Waals surface area contributed by atoms with Gasteiger partial charge in [-0.3, -0.25) is 14.4 Å². The van der Waals surface area contributed by atoms with E-state index in [4.69, 9.17) is 23.1 Å². The van der Waals surface area contributed by atoms with Crippen molar-refractivity contribution in [2.24, 2.45) is 0 Å². The third kappa shape index (κ3) is 5.53. The van der Waals surface area contributed by atoms with Crippen LogP contribution in [0.5, 0.6) is 0 Å². The number of carbonyl (C=O) groups is 2. The minimum atomic E-state index is -1.00. The summed E-state index contributed by atoms with van der Waals surface area (Å²) in [5.74, 6) is -2.79. The molecule has 1 aromatic carbocycles. The highest BCUT2D eigenvalue weighted by molar-refractivity contribution is 6.31. The van der Waals surface area contributed by atoms with Crippen molar-refractivity contribution in [3.8, 4) is 0 Å². The van der Waals surface area contributed by atoms with Crippen LogP contribution in [0.4, 0.5) is 20.4 Å². The van der Waals surface area contributed by atoms with Gasteiger partial charge in [-0.25, -0.2) is 18.7 Å². The molecule has 2 aliphatic heterocycles. The summed E-state index contributed by atoms with van der Waals surface area (Å²) in [6.07, 6.45) is 5.63. The van der Waals surface area contributed by atoms with Crippen LogP contribution < -0.4 is 22.3 Å². The van der Waals surface area contributed by atoms with Crippen molar-refractivity contribution in [1.29, 1.82) is 0 Å². The van der Waals surface area contributed by atoms with Gasteiger partial charge in [-0.1, -0.05) is 17.7 Å².